The van der Waals surface area contributed by atoms with Gasteiger partial charge in [-0.15, -0.1) is 0 Å². The van der Waals surface area contributed by atoms with E-state index in [9.17, 15) is 18.0 Å². The van der Waals surface area contributed by atoms with Crippen molar-refractivity contribution in [2.75, 3.05) is 32.7 Å². The van der Waals surface area contributed by atoms with Gasteiger partial charge in [-0.05, 0) is 25.8 Å². The van der Waals surface area contributed by atoms with Crippen molar-refractivity contribution in [3.63, 3.8) is 0 Å². The lowest BCUT2D eigenvalue weighted by molar-refractivity contribution is -0.203. The van der Waals surface area contributed by atoms with Gasteiger partial charge in [-0.25, -0.2) is 4.79 Å². The Morgan fingerprint density at radius 1 is 1.10 bits per heavy atom. The largest absolute Gasteiger partial charge is 0.395 e. The minimum atomic E-state index is -4.17. The first-order valence-electron chi connectivity index (χ1n) is 7.76. The molecule has 0 aliphatic carbocycles. The van der Waals surface area contributed by atoms with Gasteiger partial charge in [0.25, 0.3) is 0 Å². The van der Waals surface area contributed by atoms with Gasteiger partial charge in [0.1, 0.15) is 0 Å². The van der Waals surface area contributed by atoms with E-state index in [2.05, 4.69) is 11.8 Å². The molecule has 0 aromatic heterocycles. The normalized spacial score (nSPS) is 31.2. The average molecular weight is 305 g/mol. The molecule has 120 valence electrons. The number of fused-ring (bicyclic) bond motifs is 2. The molecule has 3 heterocycles. The molecule has 0 aromatic carbocycles. The highest BCUT2D eigenvalue weighted by molar-refractivity contribution is 5.76. The van der Waals surface area contributed by atoms with Crippen LogP contribution < -0.4 is 0 Å². The number of likely N-dealkylation sites (N-methyl/N-ethyl adjacent to an activating group) is 1. The monoisotopic (exact) mass is 305 g/mol. The average Bonchev–Trinajstić information content (AvgIpc) is 2.33. The zero-order valence-electron chi connectivity index (χ0n) is 12.3. The summed E-state index contributed by atoms with van der Waals surface area (Å²) >= 11 is 0. The predicted molar refractivity (Wildman–Crippen MR) is 71.9 cm³/mol. The molecular formula is C14H22F3N3O. The zero-order valence-corrected chi connectivity index (χ0v) is 12.3. The minimum absolute atomic E-state index is 0.171. The van der Waals surface area contributed by atoms with Crippen molar-refractivity contribution < 1.29 is 18.0 Å². The van der Waals surface area contributed by atoms with Gasteiger partial charge in [0.05, 0.1) is 5.92 Å². The van der Waals surface area contributed by atoms with Crippen molar-refractivity contribution in [3.8, 4) is 0 Å². The number of alkyl halides is 3. The van der Waals surface area contributed by atoms with Crippen LogP contribution in [-0.4, -0.2) is 71.7 Å². The van der Waals surface area contributed by atoms with E-state index in [1.54, 1.807) is 0 Å². The third-order valence-corrected chi connectivity index (χ3v) is 5.08. The zero-order chi connectivity index (χ0) is 15.2. The number of likely N-dealkylation sites (tertiary alicyclic amines) is 2. The number of piperazine rings is 1. The Morgan fingerprint density at radius 2 is 1.67 bits per heavy atom. The fourth-order valence-electron chi connectivity index (χ4n) is 3.77. The summed E-state index contributed by atoms with van der Waals surface area (Å²) < 4.78 is 37.6. The molecule has 4 nitrogen and oxygen atoms in total. The predicted octanol–water partition coefficient (Wildman–Crippen LogP) is 2.16. The molecule has 2 amide bonds. The highest BCUT2D eigenvalue weighted by Crippen LogP contribution is 2.36. The summed E-state index contributed by atoms with van der Waals surface area (Å²) in [6.45, 7) is 4.45. The van der Waals surface area contributed by atoms with Gasteiger partial charge in [-0.1, -0.05) is 6.92 Å². The van der Waals surface area contributed by atoms with Crippen LogP contribution in [0.4, 0.5) is 18.0 Å². The third kappa shape index (κ3) is 2.72. The van der Waals surface area contributed by atoms with Crippen LogP contribution in [0.15, 0.2) is 0 Å². The molecule has 2 atom stereocenters. The van der Waals surface area contributed by atoms with Gasteiger partial charge in [0.2, 0.25) is 0 Å². The molecule has 7 heteroatoms. The summed E-state index contributed by atoms with van der Waals surface area (Å²) in [6, 6.07) is 0.172. The van der Waals surface area contributed by atoms with Crippen molar-refractivity contribution in [1.82, 2.24) is 14.7 Å². The molecule has 3 fully saturated rings. The summed E-state index contributed by atoms with van der Waals surface area (Å²) in [7, 11) is 0. The van der Waals surface area contributed by atoms with Gasteiger partial charge in [-0.2, -0.15) is 13.2 Å². The number of halogens is 3. The van der Waals surface area contributed by atoms with Crippen LogP contribution in [0.3, 0.4) is 0 Å². The van der Waals surface area contributed by atoms with Crippen LogP contribution in [0.2, 0.25) is 0 Å². The van der Waals surface area contributed by atoms with E-state index < -0.39 is 12.1 Å². The van der Waals surface area contributed by atoms with E-state index in [0.29, 0.717) is 0 Å². The Balaban J connectivity index is 1.63. The summed E-state index contributed by atoms with van der Waals surface area (Å²) in [4.78, 5) is 18.1. The van der Waals surface area contributed by atoms with E-state index >= 15 is 0 Å². The molecule has 3 aliphatic rings. The molecule has 0 spiro atoms. The maximum absolute atomic E-state index is 12.5. The molecule has 3 aliphatic heterocycles. The molecule has 0 N–H and O–H groups in total. The van der Waals surface area contributed by atoms with Gasteiger partial charge in [0.15, 0.2) is 0 Å². The number of rotatable bonds is 1. The van der Waals surface area contributed by atoms with E-state index in [1.165, 1.54) is 4.90 Å². The lowest BCUT2D eigenvalue weighted by Gasteiger charge is -2.53. The Labute approximate surface area is 122 Å². The van der Waals surface area contributed by atoms with Crippen LogP contribution in [0.5, 0.6) is 0 Å². The first kappa shape index (κ1) is 14.9. The number of urea groups is 1. The number of nitrogens with zero attached hydrogens (tertiary/aromatic N) is 3. The minimum Gasteiger partial charge on any atom is -0.323 e. The van der Waals surface area contributed by atoms with E-state index in [0.717, 1.165) is 38.9 Å². The lowest BCUT2D eigenvalue weighted by atomic mass is 9.91. The Bertz CT molecular complexity index is 395. The second-order valence-corrected chi connectivity index (χ2v) is 6.42. The second kappa shape index (κ2) is 5.34. The fourth-order valence-corrected chi connectivity index (χ4v) is 3.77. The van der Waals surface area contributed by atoms with Crippen molar-refractivity contribution in [1.29, 1.82) is 0 Å². The van der Waals surface area contributed by atoms with Crippen LogP contribution in [0, 0.1) is 5.92 Å². The van der Waals surface area contributed by atoms with Crippen molar-refractivity contribution in [2.24, 2.45) is 5.92 Å². The standard InChI is InChI=1S/C14H22F3N3O/c1-2-18-8-11-4-3-5-12(9-18)20(11)13(21)19-6-10(7-19)14(15,16)17/h10-12H,2-9H2,1H3. The summed E-state index contributed by atoms with van der Waals surface area (Å²) in [5.74, 6) is -1.33. The van der Waals surface area contributed by atoms with Crippen LogP contribution in [-0.2, 0) is 0 Å². The molecule has 21 heavy (non-hydrogen) atoms. The number of piperidine rings is 1. The number of amides is 2. The highest BCUT2D eigenvalue weighted by Gasteiger charge is 2.51. The summed E-state index contributed by atoms with van der Waals surface area (Å²) in [5.41, 5.74) is 0. The number of carbonyl (C=O) groups excluding carboxylic acids is 1. The van der Waals surface area contributed by atoms with Crippen LogP contribution >= 0.6 is 0 Å². The summed E-state index contributed by atoms with van der Waals surface area (Å²) in [6.07, 6.45) is -1.13. The Kier molecular flexibility index (Phi) is 3.80. The quantitative estimate of drug-likeness (QED) is 0.742. The third-order valence-electron chi connectivity index (χ3n) is 5.08. The highest BCUT2D eigenvalue weighted by atomic mass is 19.4. The molecule has 2 unspecified atom stereocenters. The van der Waals surface area contributed by atoms with E-state index in [1.807, 2.05) is 4.90 Å². The maximum Gasteiger partial charge on any atom is 0.395 e. The molecule has 2 bridgehead atoms. The number of hydrogen-bond donors (Lipinski definition) is 0. The maximum atomic E-state index is 12.5. The molecular weight excluding hydrogens is 283 g/mol. The molecule has 3 rings (SSSR count). The van der Waals surface area contributed by atoms with Crippen molar-refractivity contribution in [3.05, 3.63) is 0 Å². The Hall–Kier alpha value is -0.980. The number of hydrogen-bond acceptors (Lipinski definition) is 2. The van der Waals surface area contributed by atoms with E-state index in [-0.39, 0.29) is 31.2 Å². The topological polar surface area (TPSA) is 26.8 Å². The first-order valence-corrected chi connectivity index (χ1v) is 7.76. The van der Waals surface area contributed by atoms with E-state index in [4.69, 9.17) is 0 Å². The van der Waals surface area contributed by atoms with Crippen molar-refractivity contribution in [2.45, 2.75) is 44.4 Å². The SMILES string of the molecule is CCN1CC2CCCC(C1)N2C(=O)N1CC(C(F)(F)F)C1. The Morgan fingerprint density at radius 3 is 2.14 bits per heavy atom. The molecule has 0 saturated carbocycles. The van der Waals surface area contributed by atoms with Gasteiger partial charge >= 0.3 is 12.2 Å². The summed E-state index contributed by atoms with van der Waals surface area (Å²) in [5, 5.41) is 0. The van der Waals surface area contributed by atoms with Gasteiger partial charge in [0, 0.05) is 38.3 Å². The molecule has 0 aromatic rings. The van der Waals surface area contributed by atoms with Gasteiger partial charge in [-0.3, -0.25) is 4.90 Å². The fraction of sp³-hybridized carbons (Fsp3) is 0.929. The second-order valence-electron chi connectivity index (χ2n) is 6.42. The molecule has 0 radical (unpaired) electrons. The van der Waals surface area contributed by atoms with Crippen LogP contribution in [0.25, 0.3) is 0 Å². The van der Waals surface area contributed by atoms with Crippen LogP contribution in [0.1, 0.15) is 26.2 Å². The molecule has 3 saturated heterocycles. The number of carbonyl (C=O) groups is 1. The first-order chi connectivity index (χ1) is 9.90. The lowest BCUT2D eigenvalue weighted by Crippen LogP contribution is -2.67. The van der Waals surface area contributed by atoms with Crippen molar-refractivity contribution >= 4 is 6.03 Å². The van der Waals surface area contributed by atoms with Gasteiger partial charge < -0.3 is 9.80 Å². The smallest absolute Gasteiger partial charge is 0.323 e.